The van der Waals surface area contributed by atoms with Crippen LogP contribution in [-0.2, 0) is 13.2 Å². The molecule has 1 amide bonds. The number of ether oxygens (including phenoxy) is 1. The number of nitro benzene ring substituents is 1. The van der Waals surface area contributed by atoms with Gasteiger partial charge >= 0.3 is 0 Å². The Bertz CT molecular complexity index is 1340. The normalized spacial score (nSPS) is 10.8. The summed E-state index contributed by atoms with van der Waals surface area (Å²) in [5.41, 5.74) is 3.85. The van der Waals surface area contributed by atoms with Gasteiger partial charge < -0.3 is 14.5 Å². The van der Waals surface area contributed by atoms with E-state index in [9.17, 15) is 14.9 Å². The molecule has 9 heteroatoms. The molecule has 1 N–H and O–H groups in total. The number of hydrogen-bond acceptors (Lipinski definition) is 6. The maximum Gasteiger partial charge on any atom is 0.291 e. The van der Waals surface area contributed by atoms with Gasteiger partial charge in [0.2, 0.25) is 0 Å². The van der Waals surface area contributed by atoms with Crippen LogP contribution in [0, 0.1) is 30.9 Å². The maximum absolute atomic E-state index is 12.8. The van der Waals surface area contributed by atoms with Crippen LogP contribution >= 0.6 is 0 Å². The fourth-order valence-corrected chi connectivity index (χ4v) is 3.62. The van der Waals surface area contributed by atoms with Gasteiger partial charge in [-0.25, -0.2) is 0 Å². The van der Waals surface area contributed by atoms with Gasteiger partial charge in [0.25, 0.3) is 11.6 Å². The van der Waals surface area contributed by atoms with Crippen molar-refractivity contribution in [3.05, 3.63) is 105 Å². The highest BCUT2D eigenvalue weighted by Crippen LogP contribution is 2.25. The molecule has 2 aromatic carbocycles. The summed E-state index contributed by atoms with van der Waals surface area (Å²) in [5.74, 6) is 0.688. The second kappa shape index (κ2) is 9.62. The number of carbonyl (C=O) groups is 1. The predicted molar refractivity (Wildman–Crippen MR) is 126 cm³/mol. The molecule has 0 fully saturated rings. The summed E-state index contributed by atoms with van der Waals surface area (Å²) in [6.45, 7) is 6.08. The average Bonchev–Trinajstić information content (AvgIpc) is 3.39. The SMILES string of the molecule is Cc1cc(OCc2ccc(C(=O)Nc3c(C)nn(Cc4ccccc4)c3C)o2)ccc1[N+](=O)[O-]. The highest BCUT2D eigenvalue weighted by atomic mass is 16.6. The second-order valence-corrected chi connectivity index (χ2v) is 7.90. The first-order chi connectivity index (χ1) is 16.3. The summed E-state index contributed by atoms with van der Waals surface area (Å²) in [6.07, 6.45) is 0. The minimum absolute atomic E-state index is 0.0296. The van der Waals surface area contributed by atoms with Gasteiger partial charge in [-0.1, -0.05) is 30.3 Å². The molecule has 0 aliphatic carbocycles. The van der Waals surface area contributed by atoms with E-state index < -0.39 is 4.92 Å². The van der Waals surface area contributed by atoms with E-state index in [1.54, 1.807) is 25.1 Å². The number of furan rings is 1. The van der Waals surface area contributed by atoms with Crippen LogP contribution in [0.3, 0.4) is 0 Å². The topological polar surface area (TPSA) is 112 Å². The van der Waals surface area contributed by atoms with Crippen molar-refractivity contribution >= 4 is 17.3 Å². The lowest BCUT2D eigenvalue weighted by molar-refractivity contribution is -0.385. The molecule has 174 valence electrons. The molecule has 0 saturated heterocycles. The summed E-state index contributed by atoms with van der Waals surface area (Å²) >= 11 is 0. The van der Waals surface area contributed by atoms with Crippen molar-refractivity contribution in [1.29, 1.82) is 0 Å². The third-order valence-electron chi connectivity index (χ3n) is 5.43. The van der Waals surface area contributed by atoms with Crippen LogP contribution < -0.4 is 10.1 Å². The largest absolute Gasteiger partial charge is 0.486 e. The van der Waals surface area contributed by atoms with E-state index in [2.05, 4.69) is 10.4 Å². The zero-order chi connectivity index (χ0) is 24.2. The van der Waals surface area contributed by atoms with Crippen LogP contribution in [0.1, 0.15) is 38.8 Å². The van der Waals surface area contributed by atoms with Gasteiger partial charge in [-0.2, -0.15) is 5.10 Å². The lowest BCUT2D eigenvalue weighted by Crippen LogP contribution is -2.12. The van der Waals surface area contributed by atoms with Crippen LogP contribution in [0.5, 0.6) is 5.75 Å². The van der Waals surface area contributed by atoms with Crippen LogP contribution in [0.25, 0.3) is 0 Å². The Kier molecular flexibility index (Phi) is 6.44. The van der Waals surface area contributed by atoms with Crippen molar-refractivity contribution in [3.8, 4) is 5.75 Å². The number of nitrogens with one attached hydrogen (secondary N) is 1. The quantitative estimate of drug-likeness (QED) is 0.286. The first-order valence-corrected chi connectivity index (χ1v) is 10.7. The fraction of sp³-hybridized carbons (Fsp3) is 0.200. The van der Waals surface area contributed by atoms with E-state index in [0.29, 0.717) is 35.0 Å². The summed E-state index contributed by atoms with van der Waals surface area (Å²) < 4.78 is 13.2. The summed E-state index contributed by atoms with van der Waals surface area (Å²) in [7, 11) is 0. The van der Waals surface area contributed by atoms with Crippen LogP contribution in [0.4, 0.5) is 11.4 Å². The number of nitro groups is 1. The third kappa shape index (κ3) is 4.98. The molecule has 34 heavy (non-hydrogen) atoms. The third-order valence-corrected chi connectivity index (χ3v) is 5.43. The molecule has 2 aromatic heterocycles. The standard InChI is InChI=1S/C25H24N4O5/c1-16-13-20(9-11-22(16)29(31)32)33-15-21-10-12-23(34-21)25(30)26-24-17(2)27-28(18(24)3)14-19-7-5-4-6-8-19/h4-13H,14-15H2,1-3H3,(H,26,30). The molecule has 0 aliphatic rings. The number of benzene rings is 2. The van der Waals surface area contributed by atoms with Gasteiger partial charge in [0.15, 0.2) is 5.76 Å². The predicted octanol–water partition coefficient (Wildman–Crippen LogP) is 5.19. The average molecular weight is 460 g/mol. The van der Waals surface area contributed by atoms with Crippen molar-refractivity contribution in [1.82, 2.24) is 9.78 Å². The number of carbonyl (C=O) groups excluding carboxylic acids is 1. The number of amides is 1. The molecule has 0 aliphatic heterocycles. The van der Waals surface area contributed by atoms with E-state index >= 15 is 0 Å². The number of aryl methyl sites for hydroxylation is 2. The molecule has 0 saturated carbocycles. The number of rotatable bonds is 8. The lowest BCUT2D eigenvalue weighted by atomic mass is 10.2. The molecule has 4 aromatic rings. The number of hydrogen-bond donors (Lipinski definition) is 1. The molecule has 9 nitrogen and oxygen atoms in total. The van der Waals surface area contributed by atoms with E-state index in [0.717, 1.165) is 11.3 Å². The number of aromatic nitrogens is 2. The molecule has 0 atom stereocenters. The second-order valence-electron chi connectivity index (χ2n) is 7.90. The molecular formula is C25H24N4O5. The first-order valence-electron chi connectivity index (χ1n) is 10.7. The Balaban J connectivity index is 1.40. The Morgan fingerprint density at radius 1 is 1.12 bits per heavy atom. The van der Waals surface area contributed by atoms with E-state index in [4.69, 9.17) is 9.15 Å². The van der Waals surface area contributed by atoms with Crippen molar-refractivity contribution in [2.24, 2.45) is 0 Å². The van der Waals surface area contributed by atoms with Gasteiger partial charge in [0.05, 0.1) is 28.5 Å². The maximum atomic E-state index is 12.8. The zero-order valence-corrected chi connectivity index (χ0v) is 19.1. The Hall–Kier alpha value is -4.40. The molecule has 2 heterocycles. The first kappa shape index (κ1) is 22.8. The van der Waals surface area contributed by atoms with Crippen molar-refractivity contribution in [2.75, 3.05) is 5.32 Å². The highest BCUT2D eigenvalue weighted by molar-refractivity contribution is 6.02. The molecule has 0 spiro atoms. The lowest BCUT2D eigenvalue weighted by Gasteiger charge is -2.07. The van der Waals surface area contributed by atoms with Gasteiger partial charge in [-0.3, -0.25) is 19.6 Å². The molecule has 4 rings (SSSR count). The van der Waals surface area contributed by atoms with Crippen LogP contribution in [0.2, 0.25) is 0 Å². The van der Waals surface area contributed by atoms with Gasteiger partial charge in [0, 0.05) is 11.6 Å². The fourth-order valence-electron chi connectivity index (χ4n) is 3.62. The van der Waals surface area contributed by atoms with Crippen LogP contribution in [-0.4, -0.2) is 20.6 Å². The van der Waals surface area contributed by atoms with Crippen molar-refractivity contribution in [2.45, 2.75) is 33.9 Å². The number of nitrogens with zero attached hydrogens (tertiary/aromatic N) is 3. The summed E-state index contributed by atoms with van der Waals surface area (Å²) in [4.78, 5) is 23.3. The Morgan fingerprint density at radius 2 is 1.88 bits per heavy atom. The molecule has 0 unspecified atom stereocenters. The zero-order valence-electron chi connectivity index (χ0n) is 19.1. The summed E-state index contributed by atoms with van der Waals surface area (Å²) in [5, 5.41) is 18.4. The minimum atomic E-state index is -0.439. The highest BCUT2D eigenvalue weighted by Gasteiger charge is 2.18. The molecular weight excluding hydrogens is 436 g/mol. The minimum Gasteiger partial charge on any atom is -0.486 e. The van der Waals surface area contributed by atoms with Gasteiger partial charge in [-0.05, 0) is 50.6 Å². The number of anilines is 1. The Morgan fingerprint density at radius 3 is 2.59 bits per heavy atom. The summed E-state index contributed by atoms with van der Waals surface area (Å²) in [6, 6.07) is 17.7. The van der Waals surface area contributed by atoms with E-state index in [1.165, 1.54) is 12.1 Å². The monoisotopic (exact) mass is 460 g/mol. The smallest absolute Gasteiger partial charge is 0.291 e. The van der Waals surface area contributed by atoms with Gasteiger partial charge in [-0.15, -0.1) is 0 Å². The molecule has 0 radical (unpaired) electrons. The van der Waals surface area contributed by atoms with Crippen molar-refractivity contribution in [3.63, 3.8) is 0 Å². The Labute approximate surface area is 196 Å². The molecule has 0 bridgehead atoms. The van der Waals surface area contributed by atoms with Crippen molar-refractivity contribution < 1.29 is 18.9 Å². The van der Waals surface area contributed by atoms with Crippen LogP contribution in [0.15, 0.2) is 65.1 Å². The van der Waals surface area contributed by atoms with E-state index in [-0.39, 0.29) is 24.0 Å². The van der Waals surface area contributed by atoms with Gasteiger partial charge in [0.1, 0.15) is 18.1 Å². The van der Waals surface area contributed by atoms with E-state index in [1.807, 2.05) is 48.9 Å².